The van der Waals surface area contributed by atoms with E-state index in [0.717, 1.165) is 38.0 Å². The summed E-state index contributed by atoms with van der Waals surface area (Å²) >= 11 is 0. The summed E-state index contributed by atoms with van der Waals surface area (Å²) in [6, 6.07) is 7.62. The number of aliphatic carboxylic acids is 1. The maximum Gasteiger partial charge on any atom is 0.307 e. The molecule has 154 valence electrons. The van der Waals surface area contributed by atoms with Crippen LogP contribution in [-0.4, -0.2) is 63.8 Å². The maximum absolute atomic E-state index is 11.3. The van der Waals surface area contributed by atoms with Gasteiger partial charge in [-0.25, -0.2) is 0 Å². The van der Waals surface area contributed by atoms with Gasteiger partial charge in [0.25, 0.3) is 6.47 Å². The minimum absolute atomic E-state index is 0.0522. The van der Waals surface area contributed by atoms with Crippen molar-refractivity contribution in [2.24, 2.45) is 11.8 Å². The Balaban J connectivity index is 0.000000878. The van der Waals surface area contributed by atoms with E-state index in [-0.39, 0.29) is 24.8 Å². The molecule has 1 aliphatic heterocycles. The molecular formula is C20H28N2O6. The fourth-order valence-electron chi connectivity index (χ4n) is 4.27. The van der Waals surface area contributed by atoms with Gasteiger partial charge >= 0.3 is 5.97 Å². The molecule has 0 bridgehead atoms. The molecule has 1 saturated carbocycles. The summed E-state index contributed by atoms with van der Waals surface area (Å²) in [6.07, 6.45) is 1.17. The number of amides is 1. The van der Waals surface area contributed by atoms with Gasteiger partial charge < -0.3 is 20.6 Å². The third kappa shape index (κ3) is 6.31. The second-order valence-corrected chi connectivity index (χ2v) is 7.55. The molecule has 2 fully saturated rings. The zero-order valence-electron chi connectivity index (χ0n) is 16.0. The SMILES string of the molecule is CC(=O)N[C@@H]1C[C@@H]2CN(Cc3ccc(CC(=O)O)cc3)C[C@@H]2C[C@H]1O.O=CO. The standard InChI is InChI=1S/C19H26N2O4.CH2O2/c1-12(22)20-17-7-15-10-21(11-16(15)8-18(17)23)9-14-4-2-13(3-5-14)6-19(24)25;2-1-3/h2-5,15-18,23H,6-11H2,1H3,(H,20,22)(H,24,25);1H,(H,2,3)/t15-,16+,17-,18-;/m1./s1. The first kappa shape index (κ1) is 21.8. The number of carbonyl (C=O) groups excluding carboxylic acids is 1. The Morgan fingerprint density at radius 2 is 1.68 bits per heavy atom. The third-order valence-corrected chi connectivity index (χ3v) is 5.39. The Kier molecular flexibility index (Phi) is 7.95. The topological polar surface area (TPSA) is 127 Å². The predicted octanol–water partition coefficient (Wildman–Crippen LogP) is 0.722. The van der Waals surface area contributed by atoms with Crippen LogP contribution in [0.1, 0.15) is 30.9 Å². The largest absolute Gasteiger partial charge is 0.483 e. The average Bonchev–Trinajstić information content (AvgIpc) is 2.98. The summed E-state index contributed by atoms with van der Waals surface area (Å²) < 4.78 is 0. The van der Waals surface area contributed by atoms with E-state index < -0.39 is 12.1 Å². The van der Waals surface area contributed by atoms with E-state index >= 15 is 0 Å². The molecule has 4 N–H and O–H groups in total. The van der Waals surface area contributed by atoms with Crippen LogP contribution >= 0.6 is 0 Å². The van der Waals surface area contributed by atoms with E-state index in [4.69, 9.17) is 15.0 Å². The van der Waals surface area contributed by atoms with E-state index in [2.05, 4.69) is 10.2 Å². The smallest absolute Gasteiger partial charge is 0.307 e. The van der Waals surface area contributed by atoms with Gasteiger partial charge in [-0.1, -0.05) is 24.3 Å². The second-order valence-electron chi connectivity index (χ2n) is 7.55. The third-order valence-electron chi connectivity index (χ3n) is 5.39. The summed E-state index contributed by atoms with van der Waals surface area (Å²) in [5.74, 6) is 0.0836. The van der Waals surface area contributed by atoms with Crippen molar-refractivity contribution in [3.8, 4) is 0 Å². The van der Waals surface area contributed by atoms with Gasteiger partial charge in [0.1, 0.15) is 0 Å². The lowest BCUT2D eigenvalue weighted by Gasteiger charge is -2.35. The van der Waals surface area contributed by atoms with Crippen molar-refractivity contribution in [2.75, 3.05) is 13.1 Å². The molecule has 4 atom stereocenters. The summed E-state index contributed by atoms with van der Waals surface area (Å²) in [4.78, 5) is 32.8. The Morgan fingerprint density at radius 1 is 1.14 bits per heavy atom. The number of carbonyl (C=O) groups is 3. The number of rotatable bonds is 5. The number of carboxylic acids is 1. The zero-order valence-corrected chi connectivity index (χ0v) is 16.0. The number of carboxylic acid groups (broad SMARTS) is 2. The normalized spacial score (nSPS) is 26.5. The van der Waals surface area contributed by atoms with Crippen LogP contribution in [0, 0.1) is 11.8 Å². The van der Waals surface area contributed by atoms with E-state index in [1.165, 1.54) is 12.5 Å². The van der Waals surface area contributed by atoms with E-state index in [0.29, 0.717) is 11.8 Å². The zero-order chi connectivity index (χ0) is 20.7. The number of aliphatic hydroxyl groups excluding tert-OH is 1. The van der Waals surface area contributed by atoms with Crippen molar-refractivity contribution in [1.82, 2.24) is 10.2 Å². The van der Waals surface area contributed by atoms with Crippen LogP contribution in [0.15, 0.2) is 24.3 Å². The van der Waals surface area contributed by atoms with Crippen LogP contribution in [0.2, 0.25) is 0 Å². The molecule has 2 aliphatic rings. The van der Waals surface area contributed by atoms with Crippen molar-refractivity contribution in [3.05, 3.63) is 35.4 Å². The van der Waals surface area contributed by atoms with Gasteiger partial charge in [0.05, 0.1) is 18.6 Å². The average molecular weight is 392 g/mol. The van der Waals surface area contributed by atoms with E-state index in [9.17, 15) is 14.7 Å². The number of hydrogen-bond acceptors (Lipinski definition) is 5. The van der Waals surface area contributed by atoms with Crippen molar-refractivity contribution >= 4 is 18.3 Å². The van der Waals surface area contributed by atoms with Gasteiger partial charge in [-0.3, -0.25) is 19.3 Å². The number of aliphatic hydroxyl groups is 1. The molecule has 3 rings (SSSR count). The molecule has 0 spiro atoms. The van der Waals surface area contributed by atoms with Gasteiger partial charge in [-0.2, -0.15) is 0 Å². The lowest BCUT2D eigenvalue weighted by molar-refractivity contribution is -0.136. The number of hydrogen-bond donors (Lipinski definition) is 4. The first-order chi connectivity index (χ1) is 13.3. The van der Waals surface area contributed by atoms with E-state index in [1.54, 1.807) is 0 Å². The first-order valence-electron chi connectivity index (χ1n) is 9.37. The van der Waals surface area contributed by atoms with Crippen LogP contribution in [0.4, 0.5) is 0 Å². The molecule has 8 nitrogen and oxygen atoms in total. The monoisotopic (exact) mass is 392 g/mol. The molecule has 28 heavy (non-hydrogen) atoms. The summed E-state index contributed by atoms with van der Waals surface area (Å²) in [5, 5.41) is 28.9. The highest BCUT2D eigenvalue weighted by atomic mass is 16.4. The van der Waals surface area contributed by atoms with Crippen molar-refractivity contribution in [3.63, 3.8) is 0 Å². The van der Waals surface area contributed by atoms with Crippen LogP contribution in [0.25, 0.3) is 0 Å². The molecule has 0 radical (unpaired) electrons. The molecule has 0 aromatic heterocycles. The van der Waals surface area contributed by atoms with Gasteiger partial charge in [0.15, 0.2) is 0 Å². The predicted molar refractivity (Wildman–Crippen MR) is 102 cm³/mol. The number of benzene rings is 1. The number of nitrogens with zero attached hydrogens (tertiary/aromatic N) is 1. The highest BCUT2D eigenvalue weighted by Crippen LogP contribution is 2.37. The van der Waals surface area contributed by atoms with Crippen molar-refractivity contribution in [1.29, 1.82) is 0 Å². The Morgan fingerprint density at radius 3 is 2.21 bits per heavy atom. The van der Waals surface area contributed by atoms with Crippen molar-refractivity contribution in [2.45, 2.75) is 44.9 Å². The fourth-order valence-corrected chi connectivity index (χ4v) is 4.27. The minimum atomic E-state index is -0.816. The van der Waals surface area contributed by atoms with E-state index in [1.807, 2.05) is 24.3 Å². The second kappa shape index (κ2) is 10.2. The van der Waals surface area contributed by atoms with Gasteiger partial charge in [0, 0.05) is 26.6 Å². The number of nitrogens with one attached hydrogen (secondary N) is 1. The maximum atomic E-state index is 11.3. The van der Waals surface area contributed by atoms with Gasteiger partial charge in [-0.05, 0) is 35.8 Å². The van der Waals surface area contributed by atoms with Crippen LogP contribution < -0.4 is 5.32 Å². The van der Waals surface area contributed by atoms with Crippen molar-refractivity contribution < 1.29 is 29.7 Å². The van der Waals surface area contributed by atoms with Crippen LogP contribution in [0.5, 0.6) is 0 Å². The Labute approximate surface area is 164 Å². The molecule has 1 heterocycles. The minimum Gasteiger partial charge on any atom is -0.483 e. The Bertz CT molecular complexity index is 678. The van der Waals surface area contributed by atoms with Crippen LogP contribution in [-0.2, 0) is 27.3 Å². The molecular weight excluding hydrogens is 364 g/mol. The molecule has 1 amide bonds. The van der Waals surface area contributed by atoms with Crippen LogP contribution in [0.3, 0.4) is 0 Å². The molecule has 0 unspecified atom stereocenters. The first-order valence-corrected chi connectivity index (χ1v) is 9.37. The molecule has 1 saturated heterocycles. The highest BCUT2D eigenvalue weighted by molar-refractivity contribution is 5.73. The highest BCUT2D eigenvalue weighted by Gasteiger charge is 2.41. The number of fused-ring (bicyclic) bond motifs is 1. The fraction of sp³-hybridized carbons (Fsp3) is 0.550. The summed E-state index contributed by atoms with van der Waals surface area (Å²) in [7, 11) is 0. The summed E-state index contributed by atoms with van der Waals surface area (Å²) in [5.41, 5.74) is 1.99. The summed E-state index contributed by atoms with van der Waals surface area (Å²) in [6.45, 7) is 4.02. The number of likely N-dealkylation sites (tertiary alicyclic amines) is 1. The lowest BCUT2D eigenvalue weighted by Crippen LogP contribution is -2.48. The molecule has 1 aromatic rings. The quantitative estimate of drug-likeness (QED) is 0.544. The van der Waals surface area contributed by atoms with Gasteiger partial charge in [0.2, 0.25) is 5.91 Å². The molecule has 1 aromatic carbocycles. The van der Waals surface area contributed by atoms with Gasteiger partial charge in [-0.15, -0.1) is 0 Å². The molecule has 1 aliphatic carbocycles. The Hall–Kier alpha value is -2.45. The lowest BCUT2D eigenvalue weighted by atomic mass is 9.77. The molecule has 8 heteroatoms.